The van der Waals surface area contributed by atoms with E-state index in [-0.39, 0.29) is 5.56 Å². The normalized spacial score (nSPS) is 11.9. The fourth-order valence-electron chi connectivity index (χ4n) is 1.72. The smallest absolute Gasteiger partial charge is 0.339 e. The topological polar surface area (TPSA) is 88.1 Å². The molecule has 2 N–H and O–H groups in total. The van der Waals surface area contributed by atoms with E-state index in [1.54, 1.807) is 6.20 Å². The lowest BCUT2D eigenvalue weighted by Gasteiger charge is -2.15. The molecule has 0 fully saturated rings. The van der Waals surface area contributed by atoms with E-state index < -0.39 is 14.0 Å². The lowest BCUT2D eigenvalue weighted by molar-refractivity contribution is 0.0698. The molecule has 0 aromatic carbocycles. The van der Waals surface area contributed by atoms with Crippen molar-refractivity contribution in [3.05, 3.63) is 23.7 Å². The Morgan fingerprint density at radius 2 is 2.20 bits per heavy atom. The first-order valence-electron chi connectivity index (χ1n) is 6.51. The molecule has 0 radical (unpaired) electrons. The zero-order valence-corrected chi connectivity index (χ0v) is 12.9. The minimum Gasteiger partial charge on any atom is -0.478 e. The first-order chi connectivity index (χ1) is 9.37. The van der Waals surface area contributed by atoms with Gasteiger partial charge in [0.15, 0.2) is 5.65 Å². The van der Waals surface area contributed by atoms with Crippen molar-refractivity contribution in [2.45, 2.75) is 32.3 Å². The van der Waals surface area contributed by atoms with Crippen molar-refractivity contribution in [3.63, 3.8) is 0 Å². The van der Waals surface area contributed by atoms with Gasteiger partial charge in [-0.05, 0) is 6.04 Å². The van der Waals surface area contributed by atoms with Crippen LogP contribution in [0.2, 0.25) is 25.7 Å². The van der Waals surface area contributed by atoms with E-state index >= 15 is 0 Å². The van der Waals surface area contributed by atoms with Gasteiger partial charge in [-0.25, -0.2) is 14.8 Å². The Bertz CT molecular complexity index is 619. The van der Waals surface area contributed by atoms with E-state index in [4.69, 9.17) is 9.84 Å². The first kappa shape index (κ1) is 14.7. The Hall–Kier alpha value is -1.73. The summed E-state index contributed by atoms with van der Waals surface area (Å²) in [6.45, 7) is 7.94. The number of nitrogens with one attached hydrogen (secondary N) is 1. The molecule has 20 heavy (non-hydrogen) atoms. The summed E-state index contributed by atoms with van der Waals surface area (Å²) in [6.07, 6.45) is 3.02. The first-order valence-corrected chi connectivity index (χ1v) is 10.2. The van der Waals surface area contributed by atoms with Crippen molar-refractivity contribution in [3.8, 4) is 0 Å². The predicted octanol–water partition coefficient (Wildman–Crippen LogP) is 2.51. The van der Waals surface area contributed by atoms with Crippen LogP contribution in [-0.2, 0) is 11.3 Å². The number of carbonyl (C=O) groups is 1. The van der Waals surface area contributed by atoms with E-state index in [2.05, 4.69) is 34.6 Å². The molecule has 2 heterocycles. The van der Waals surface area contributed by atoms with E-state index in [9.17, 15) is 4.79 Å². The molecule has 0 unspecified atom stereocenters. The van der Waals surface area contributed by atoms with Crippen LogP contribution in [0.1, 0.15) is 16.1 Å². The highest BCUT2D eigenvalue weighted by atomic mass is 28.3. The van der Waals surface area contributed by atoms with Gasteiger partial charge >= 0.3 is 5.97 Å². The molecule has 0 spiro atoms. The minimum atomic E-state index is -1.10. The van der Waals surface area contributed by atoms with Gasteiger partial charge < -0.3 is 14.8 Å². The fraction of sp³-hybridized carbons (Fsp3) is 0.462. The zero-order valence-electron chi connectivity index (χ0n) is 11.9. The molecule has 7 heteroatoms. The number of carboxylic acid groups (broad SMARTS) is 1. The summed E-state index contributed by atoms with van der Waals surface area (Å²) in [5, 5.41) is 9.05. The summed E-state index contributed by atoms with van der Waals surface area (Å²) < 4.78 is 5.60. The van der Waals surface area contributed by atoms with Gasteiger partial charge in [-0.3, -0.25) is 0 Å². The number of hydrogen-bond donors (Lipinski definition) is 2. The molecule has 0 amide bonds. The number of rotatable bonds is 6. The number of fused-ring (bicyclic) bond motifs is 1. The Kier molecular flexibility index (Phi) is 4.19. The summed E-state index contributed by atoms with van der Waals surface area (Å²) in [4.78, 5) is 22.3. The van der Waals surface area contributed by atoms with Crippen molar-refractivity contribution in [1.29, 1.82) is 0 Å². The number of H-pyrrole nitrogens is 1. The fourth-order valence-corrected chi connectivity index (χ4v) is 2.47. The van der Waals surface area contributed by atoms with E-state index in [0.717, 1.165) is 6.04 Å². The molecule has 0 atom stereocenters. The van der Waals surface area contributed by atoms with Crippen LogP contribution in [0.4, 0.5) is 0 Å². The third kappa shape index (κ3) is 3.64. The molecule has 2 aromatic rings. The number of ether oxygens (including phenoxy) is 1. The molecule has 2 rings (SSSR count). The van der Waals surface area contributed by atoms with Gasteiger partial charge in [0.2, 0.25) is 0 Å². The number of aromatic carboxylic acids is 1. The van der Waals surface area contributed by atoms with Crippen LogP contribution in [0.5, 0.6) is 0 Å². The third-order valence-electron chi connectivity index (χ3n) is 2.91. The highest BCUT2D eigenvalue weighted by molar-refractivity contribution is 6.76. The van der Waals surface area contributed by atoms with Crippen LogP contribution < -0.4 is 0 Å². The average molecular weight is 293 g/mol. The largest absolute Gasteiger partial charge is 0.478 e. The number of aromatic nitrogens is 3. The Labute approximate surface area is 118 Å². The maximum Gasteiger partial charge on any atom is 0.339 e. The Balaban J connectivity index is 2.04. The molecule has 2 aromatic heterocycles. The number of carboxylic acids is 1. The van der Waals surface area contributed by atoms with Gasteiger partial charge in [-0.15, -0.1) is 0 Å². The highest BCUT2D eigenvalue weighted by Gasteiger charge is 2.14. The quantitative estimate of drug-likeness (QED) is 0.631. The molecular weight excluding hydrogens is 274 g/mol. The van der Waals surface area contributed by atoms with Crippen molar-refractivity contribution in [1.82, 2.24) is 15.0 Å². The number of aromatic amines is 1. The number of nitrogens with zero attached hydrogens (tertiary/aromatic N) is 2. The molecule has 0 aliphatic rings. The Morgan fingerprint density at radius 3 is 2.85 bits per heavy atom. The summed E-state index contributed by atoms with van der Waals surface area (Å²) in [5.74, 6) is -1.01. The van der Waals surface area contributed by atoms with Gasteiger partial charge in [-0.2, -0.15) is 0 Å². The lowest BCUT2D eigenvalue weighted by atomic mass is 10.3. The van der Waals surface area contributed by atoms with Gasteiger partial charge in [0.1, 0.15) is 11.1 Å². The predicted molar refractivity (Wildman–Crippen MR) is 78.7 cm³/mol. The van der Waals surface area contributed by atoms with Crippen molar-refractivity contribution in [2.24, 2.45) is 0 Å². The standard InChI is InChI=1S/C13H19N3O3Si/c1-20(2,3)5-4-19-8-9-6-14-12-11(16-9)10(7-15-12)13(17)18/h6-7H,4-5,8H2,1-3H3,(H,14,15)(H,17,18). The lowest BCUT2D eigenvalue weighted by Crippen LogP contribution is -2.21. The van der Waals surface area contributed by atoms with Gasteiger partial charge in [0, 0.05) is 20.9 Å². The second-order valence-electron chi connectivity index (χ2n) is 5.93. The van der Waals surface area contributed by atoms with Crippen LogP contribution >= 0.6 is 0 Å². The van der Waals surface area contributed by atoms with Crippen LogP contribution in [0.25, 0.3) is 11.2 Å². The van der Waals surface area contributed by atoms with E-state index in [1.807, 2.05) is 0 Å². The minimum absolute atomic E-state index is 0.136. The van der Waals surface area contributed by atoms with Gasteiger partial charge in [0.05, 0.1) is 18.5 Å². The molecule has 0 bridgehead atoms. The SMILES string of the molecule is C[Si](C)(C)CCOCc1cnc2[nH]cc(C(=O)O)c2n1. The summed E-state index contributed by atoms with van der Waals surface area (Å²) in [5.41, 5.74) is 1.64. The maximum atomic E-state index is 11.0. The zero-order chi connectivity index (χ0) is 14.8. The Morgan fingerprint density at radius 1 is 1.45 bits per heavy atom. The van der Waals surface area contributed by atoms with E-state index in [0.29, 0.717) is 30.1 Å². The summed E-state index contributed by atoms with van der Waals surface area (Å²) in [6, 6.07) is 1.09. The highest BCUT2D eigenvalue weighted by Crippen LogP contribution is 2.15. The molecule has 0 saturated carbocycles. The van der Waals surface area contributed by atoms with Crippen LogP contribution in [0.3, 0.4) is 0 Å². The van der Waals surface area contributed by atoms with Crippen molar-refractivity contribution < 1.29 is 14.6 Å². The monoisotopic (exact) mass is 293 g/mol. The second kappa shape index (κ2) is 5.72. The van der Waals surface area contributed by atoms with Gasteiger partial charge in [-0.1, -0.05) is 19.6 Å². The van der Waals surface area contributed by atoms with Crippen molar-refractivity contribution in [2.75, 3.05) is 6.61 Å². The average Bonchev–Trinajstić information content (AvgIpc) is 2.76. The molecule has 0 saturated heterocycles. The maximum absolute atomic E-state index is 11.0. The second-order valence-corrected chi connectivity index (χ2v) is 11.6. The van der Waals surface area contributed by atoms with Crippen molar-refractivity contribution >= 4 is 25.2 Å². The molecule has 108 valence electrons. The molecule has 0 aliphatic heterocycles. The van der Waals surface area contributed by atoms with Crippen LogP contribution in [0.15, 0.2) is 12.4 Å². The molecule has 6 nitrogen and oxygen atoms in total. The molecule has 0 aliphatic carbocycles. The van der Waals surface area contributed by atoms with E-state index in [1.165, 1.54) is 6.20 Å². The number of hydrogen-bond acceptors (Lipinski definition) is 4. The third-order valence-corrected chi connectivity index (χ3v) is 4.61. The van der Waals surface area contributed by atoms with Crippen LogP contribution in [0, 0.1) is 0 Å². The summed E-state index contributed by atoms with van der Waals surface area (Å²) >= 11 is 0. The molecular formula is C13H19N3O3Si. The van der Waals surface area contributed by atoms with Crippen LogP contribution in [-0.4, -0.2) is 40.7 Å². The summed E-state index contributed by atoms with van der Waals surface area (Å²) in [7, 11) is -1.10. The van der Waals surface area contributed by atoms with Gasteiger partial charge in [0.25, 0.3) is 0 Å².